The van der Waals surface area contributed by atoms with Crippen LogP contribution in [0.15, 0.2) is 16.8 Å². The van der Waals surface area contributed by atoms with Crippen molar-refractivity contribution in [2.24, 2.45) is 0 Å². The molecule has 3 heterocycles. The molecule has 0 spiro atoms. The van der Waals surface area contributed by atoms with Crippen LogP contribution >= 0.6 is 0 Å². The second-order valence-electron chi connectivity index (χ2n) is 5.57. The Morgan fingerprint density at radius 2 is 2.19 bits per heavy atom. The lowest BCUT2D eigenvalue weighted by Gasteiger charge is -2.16. The van der Waals surface area contributed by atoms with E-state index in [1.54, 1.807) is 0 Å². The molecule has 2 aromatic rings. The summed E-state index contributed by atoms with van der Waals surface area (Å²) in [6, 6.07) is 2.08. The quantitative estimate of drug-likeness (QED) is 0.923. The van der Waals surface area contributed by atoms with Crippen molar-refractivity contribution < 1.29 is 4.52 Å². The van der Waals surface area contributed by atoms with Crippen LogP contribution in [0.2, 0.25) is 0 Å². The van der Waals surface area contributed by atoms with E-state index in [4.69, 9.17) is 4.52 Å². The Hall–Kier alpha value is -1.79. The van der Waals surface area contributed by atoms with Crippen LogP contribution in [-0.4, -0.2) is 46.2 Å². The van der Waals surface area contributed by atoms with Crippen LogP contribution in [0, 0.1) is 13.8 Å². The molecular weight excluding hydrogens is 266 g/mol. The molecule has 6 heteroatoms. The second kappa shape index (κ2) is 6.32. The molecule has 0 bridgehead atoms. The predicted molar refractivity (Wildman–Crippen MR) is 79.8 cm³/mol. The second-order valence-corrected chi connectivity index (χ2v) is 5.57. The maximum absolute atomic E-state index is 5.38. The first-order valence-electron chi connectivity index (χ1n) is 7.41. The molecule has 112 valence electrons. The molecule has 0 saturated carbocycles. The number of aromatic nitrogens is 3. The minimum atomic E-state index is 0.579. The summed E-state index contributed by atoms with van der Waals surface area (Å²) in [6.45, 7) is 8.92. The summed E-state index contributed by atoms with van der Waals surface area (Å²) in [5.41, 5.74) is 3.01. The van der Waals surface area contributed by atoms with Crippen molar-refractivity contribution in [1.29, 1.82) is 0 Å². The highest BCUT2D eigenvalue weighted by atomic mass is 16.5. The number of pyridine rings is 1. The third-order valence-electron chi connectivity index (χ3n) is 3.69. The summed E-state index contributed by atoms with van der Waals surface area (Å²) >= 11 is 0. The van der Waals surface area contributed by atoms with Gasteiger partial charge in [0.25, 0.3) is 0 Å². The molecule has 1 aliphatic rings. The van der Waals surface area contributed by atoms with Crippen molar-refractivity contribution >= 4 is 0 Å². The van der Waals surface area contributed by atoms with E-state index in [9.17, 15) is 0 Å². The number of nitrogens with one attached hydrogen (secondary N) is 1. The summed E-state index contributed by atoms with van der Waals surface area (Å²) in [7, 11) is 0. The Morgan fingerprint density at radius 3 is 3.05 bits per heavy atom. The number of hydrogen-bond acceptors (Lipinski definition) is 6. The molecule has 6 nitrogen and oxygen atoms in total. The lowest BCUT2D eigenvalue weighted by atomic mass is 10.1. The van der Waals surface area contributed by atoms with Crippen LogP contribution in [0.1, 0.15) is 23.4 Å². The van der Waals surface area contributed by atoms with E-state index >= 15 is 0 Å². The van der Waals surface area contributed by atoms with Crippen LogP contribution in [0.25, 0.3) is 11.5 Å². The van der Waals surface area contributed by atoms with Gasteiger partial charge in [-0.25, -0.2) is 0 Å². The molecule has 1 aliphatic heterocycles. The van der Waals surface area contributed by atoms with Crippen LogP contribution in [-0.2, 0) is 6.54 Å². The fourth-order valence-electron chi connectivity index (χ4n) is 2.62. The molecular formula is C15H21N5O. The first-order chi connectivity index (χ1) is 10.2. The lowest BCUT2D eigenvalue weighted by Crippen LogP contribution is -2.27. The summed E-state index contributed by atoms with van der Waals surface area (Å²) in [5.74, 6) is 1.24. The van der Waals surface area contributed by atoms with E-state index in [1.165, 1.54) is 0 Å². The fourth-order valence-corrected chi connectivity index (χ4v) is 2.62. The van der Waals surface area contributed by atoms with Crippen molar-refractivity contribution in [3.05, 3.63) is 29.3 Å². The number of rotatable bonds is 3. The van der Waals surface area contributed by atoms with Crippen molar-refractivity contribution in [2.45, 2.75) is 26.8 Å². The topological polar surface area (TPSA) is 67.1 Å². The summed E-state index contributed by atoms with van der Waals surface area (Å²) in [5, 5.41) is 7.46. The molecule has 21 heavy (non-hydrogen) atoms. The monoisotopic (exact) mass is 287 g/mol. The van der Waals surface area contributed by atoms with E-state index in [2.05, 4.69) is 31.4 Å². The minimum Gasteiger partial charge on any atom is -0.337 e. The molecule has 3 rings (SSSR count). The highest BCUT2D eigenvalue weighted by Gasteiger charge is 2.16. The van der Waals surface area contributed by atoms with Crippen molar-refractivity contribution in [3.63, 3.8) is 0 Å². The van der Waals surface area contributed by atoms with Gasteiger partial charge in [-0.1, -0.05) is 11.2 Å². The highest BCUT2D eigenvalue weighted by Crippen LogP contribution is 2.19. The molecule has 0 aromatic carbocycles. The first kappa shape index (κ1) is 14.2. The van der Waals surface area contributed by atoms with Gasteiger partial charge < -0.3 is 9.84 Å². The number of hydrogen-bond donors (Lipinski definition) is 1. The van der Waals surface area contributed by atoms with E-state index in [0.29, 0.717) is 18.3 Å². The van der Waals surface area contributed by atoms with Gasteiger partial charge in [0.15, 0.2) is 0 Å². The molecule has 0 radical (unpaired) electrons. The molecule has 1 N–H and O–H groups in total. The van der Waals surface area contributed by atoms with Crippen LogP contribution in [0.4, 0.5) is 0 Å². The van der Waals surface area contributed by atoms with Gasteiger partial charge >= 0.3 is 0 Å². The first-order valence-corrected chi connectivity index (χ1v) is 7.41. The molecule has 1 saturated heterocycles. The van der Waals surface area contributed by atoms with Gasteiger partial charge in [-0.05, 0) is 44.5 Å². The summed E-state index contributed by atoms with van der Waals surface area (Å²) in [6.07, 6.45) is 2.98. The normalized spacial score (nSPS) is 16.9. The molecule has 2 aromatic heterocycles. The van der Waals surface area contributed by atoms with Gasteiger partial charge in [0, 0.05) is 19.3 Å². The van der Waals surface area contributed by atoms with Gasteiger partial charge in [0.05, 0.1) is 6.54 Å². The zero-order valence-corrected chi connectivity index (χ0v) is 12.6. The van der Waals surface area contributed by atoms with Gasteiger partial charge in [0.1, 0.15) is 5.69 Å². The zero-order valence-electron chi connectivity index (χ0n) is 12.6. The SMILES string of the molecule is Cc1cnc(-c2noc(CN3CCCNCC3)n2)c(C)c1. The van der Waals surface area contributed by atoms with Crippen molar-refractivity contribution in [1.82, 2.24) is 25.3 Å². The third-order valence-corrected chi connectivity index (χ3v) is 3.69. The number of aryl methyl sites for hydroxylation is 2. The predicted octanol–water partition coefficient (Wildman–Crippen LogP) is 1.54. The maximum atomic E-state index is 5.38. The van der Waals surface area contributed by atoms with Crippen LogP contribution in [0.5, 0.6) is 0 Å². The van der Waals surface area contributed by atoms with Crippen LogP contribution in [0.3, 0.4) is 0 Å². The minimum absolute atomic E-state index is 0.579. The Balaban J connectivity index is 1.73. The largest absolute Gasteiger partial charge is 0.337 e. The Kier molecular flexibility index (Phi) is 4.26. The van der Waals surface area contributed by atoms with Crippen LogP contribution < -0.4 is 5.32 Å². The highest BCUT2D eigenvalue weighted by molar-refractivity contribution is 5.53. The van der Waals surface area contributed by atoms with Gasteiger partial charge in [-0.2, -0.15) is 4.98 Å². The molecule has 0 unspecified atom stereocenters. The van der Waals surface area contributed by atoms with E-state index in [-0.39, 0.29) is 0 Å². The van der Waals surface area contributed by atoms with Gasteiger partial charge in [0.2, 0.25) is 11.7 Å². The Bertz CT molecular complexity index is 602. The van der Waals surface area contributed by atoms with Crippen molar-refractivity contribution in [2.75, 3.05) is 26.2 Å². The van der Waals surface area contributed by atoms with Crippen molar-refractivity contribution in [3.8, 4) is 11.5 Å². The van der Waals surface area contributed by atoms with E-state index < -0.39 is 0 Å². The Morgan fingerprint density at radius 1 is 1.29 bits per heavy atom. The third kappa shape index (κ3) is 3.46. The summed E-state index contributed by atoms with van der Waals surface area (Å²) in [4.78, 5) is 11.2. The average Bonchev–Trinajstić information content (AvgIpc) is 2.75. The molecule has 0 atom stereocenters. The van der Waals surface area contributed by atoms with Gasteiger partial charge in [-0.3, -0.25) is 9.88 Å². The summed E-state index contributed by atoms with van der Waals surface area (Å²) < 4.78 is 5.38. The lowest BCUT2D eigenvalue weighted by molar-refractivity contribution is 0.239. The zero-order chi connectivity index (χ0) is 14.7. The number of nitrogens with zero attached hydrogens (tertiary/aromatic N) is 4. The fraction of sp³-hybridized carbons (Fsp3) is 0.533. The molecule has 0 aliphatic carbocycles. The molecule has 1 fully saturated rings. The Labute approximate surface area is 124 Å². The standard InChI is InChI=1S/C15H21N5O/c1-11-8-12(2)14(17-9-11)15-18-13(21-19-15)10-20-6-3-4-16-5-7-20/h8-9,16H,3-7,10H2,1-2H3. The van der Waals surface area contributed by atoms with E-state index in [1.807, 2.05) is 20.0 Å². The van der Waals surface area contributed by atoms with E-state index in [0.717, 1.165) is 49.4 Å². The molecule has 0 amide bonds. The average molecular weight is 287 g/mol. The van der Waals surface area contributed by atoms with Gasteiger partial charge in [-0.15, -0.1) is 0 Å². The smallest absolute Gasteiger partial charge is 0.241 e. The maximum Gasteiger partial charge on any atom is 0.241 e.